The molecular formula is C17H15ClN2O4S3. The highest BCUT2D eigenvalue weighted by atomic mass is 35.5. The van der Waals surface area contributed by atoms with Crippen molar-refractivity contribution in [3.05, 3.63) is 51.2 Å². The molecule has 10 heteroatoms. The lowest BCUT2D eigenvalue weighted by atomic mass is 10.2. The van der Waals surface area contributed by atoms with Gasteiger partial charge in [0.25, 0.3) is 5.91 Å². The normalized spacial score (nSPS) is 22.6. The zero-order valence-electron chi connectivity index (χ0n) is 13.9. The molecule has 1 aromatic rings. The minimum absolute atomic E-state index is 0.0328. The summed E-state index contributed by atoms with van der Waals surface area (Å²) in [4.78, 5) is 26.4. The third-order valence-electron chi connectivity index (χ3n) is 3.88. The van der Waals surface area contributed by atoms with Crippen molar-refractivity contribution in [1.29, 1.82) is 0 Å². The molecule has 1 atom stereocenters. The standard InChI is InChI=1S/C17H15ClN2O4S3/c18-12-3-1-11(2-4-12)9-14-16(22)20(17(25)26-14)7-5-15(21)19-13-6-8-27(23,24)10-13/h1-4,6,8-9,13H,5,7,10H2,(H,19,21)/b14-9+/t13-/m0/s1. The highest BCUT2D eigenvalue weighted by Gasteiger charge is 2.32. The predicted molar refractivity (Wildman–Crippen MR) is 111 cm³/mol. The quantitative estimate of drug-likeness (QED) is 0.556. The van der Waals surface area contributed by atoms with Gasteiger partial charge < -0.3 is 5.32 Å². The van der Waals surface area contributed by atoms with Crippen LogP contribution in [0.3, 0.4) is 0 Å². The number of carbonyl (C=O) groups is 2. The average Bonchev–Trinajstić information content (AvgIpc) is 3.07. The summed E-state index contributed by atoms with van der Waals surface area (Å²) in [6.45, 7) is 0.137. The maximum atomic E-state index is 12.5. The fraction of sp³-hybridized carbons (Fsp3) is 0.235. The number of nitrogens with zero attached hydrogens (tertiary/aromatic N) is 1. The number of thioether (sulfide) groups is 1. The number of hydrogen-bond acceptors (Lipinski definition) is 6. The van der Waals surface area contributed by atoms with Crippen LogP contribution in [0.5, 0.6) is 0 Å². The van der Waals surface area contributed by atoms with Crippen LogP contribution in [-0.4, -0.2) is 47.8 Å². The molecule has 2 aliphatic heterocycles. The van der Waals surface area contributed by atoms with E-state index >= 15 is 0 Å². The van der Waals surface area contributed by atoms with Gasteiger partial charge in [0.05, 0.1) is 16.7 Å². The van der Waals surface area contributed by atoms with Crippen LogP contribution in [0.2, 0.25) is 5.02 Å². The summed E-state index contributed by atoms with van der Waals surface area (Å²) in [6.07, 6.45) is 3.20. The van der Waals surface area contributed by atoms with Gasteiger partial charge in [-0.05, 0) is 29.8 Å². The molecule has 2 amide bonds. The van der Waals surface area contributed by atoms with E-state index in [1.807, 2.05) is 0 Å². The van der Waals surface area contributed by atoms with E-state index in [4.69, 9.17) is 23.8 Å². The molecule has 0 bridgehead atoms. The van der Waals surface area contributed by atoms with Crippen molar-refractivity contribution in [1.82, 2.24) is 10.2 Å². The van der Waals surface area contributed by atoms with Crippen molar-refractivity contribution in [3.8, 4) is 0 Å². The lowest BCUT2D eigenvalue weighted by Gasteiger charge is -2.15. The van der Waals surface area contributed by atoms with Gasteiger partial charge in [0, 0.05) is 23.4 Å². The highest BCUT2D eigenvalue weighted by Crippen LogP contribution is 2.32. The Bertz CT molecular complexity index is 955. The van der Waals surface area contributed by atoms with Crippen LogP contribution in [0.4, 0.5) is 0 Å². The van der Waals surface area contributed by atoms with Gasteiger partial charge >= 0.3 is 0 Å². The van der Waals surface area contributed by atoms with Gasteiger partial charge in [-0.3, -0.25) is 14.5 Å². The van der Waals surface area contributed by atoms with Crippen LogP contribution < -0.4 is 5.32 Å². The van der Waals surface area contributed by atoms with Gasteiger partial charge in [-0.15, -0.1) is 0 Å². The SMILES string of the molecule is O=C(CCN1C(=O)/C(=C\c2ccc(Cl)cc2)SC1=S)N[C@H]1C=CS(=O)(=O)C1. The lowest BCUT2D eigenvalue weighted by molar-refractivity contribution is -0.124. The number of benzene rings is 1. The van der Waals surface area contributed by atoms with E-state index in [0.717, 1.165) is 11.0 Å². The number of amides is 2. The van der Waals surface area contributed by atoms with Gasteiger partial charge in [0.15, 0.2) is 9.84 Å². The third kappa shape index (κ3) is 5.19. The summed E-state index contributed by atoms with van der Waals surface area (Å²) in [5.74, 6) is -0.725. The van der Waals surface area contributed by atoms with E-state index in [9.17, 15) is 18.0 Å². The third-order valence-corrected chi connectivity index (χ3v) is 6.91. The molecule has 2 aliphatic rings. The molecule has 6 nitrogen and oxygen atoms in total. The van der Waals surface area contributed by atoms with E-state index in [2.05, 4.69) is 5.32 Å². The first-order chi connectivity index (χ1) is 12.7. The van der Waals surface area contributed by atoms with Gasteiger partial charge in [-0.2, -0.15) is 0 Å². The summed E-state index contributed by atoms with van der Waals surface area (Å²) < 4.78 is 23.1. The minimum Gasteiger partial charge on any atom is -0.349 e. The molecular weight excluding hydrogens is 428 g/mol. The molecule has 3 rings (SSSR count). The molecule has 142 valence electrons. The Balaban J connectivity index is 1.57. The zero-order chi connectivity index (χ0) is 19.6. The average molecular weight is 443 g/mol. The summed E-state index contributed by atoms with van der Waals surface area (Å²) in [5, 5.41) is 4.33. The Kier molecular flexibility index (Phi) is 6.05. The fourth-order valence-electron chi connectivity index (χ4n) is 2.56. The molecule has 0 spiro atoms. The van der Waals surface area contributed by atoms with Crippen LogP contribution in [0.1, 0.15) is 12.0 Å². The van der Waals surface area contributed by atoms with E-state index in [-0.39, 0.29) is 30.5 Å². The van der Waals surface area contributed by atoms with E-state index < -0.39 is 15.9 Å². The Labute approximate surface area is 171 Å². The van der Waals surface area contributed by atoms with Crippen LogP contribution >= 0.6 is 35.6 Å². The number of nitrogens with one attached hydrogen (secondary N) is 1. The minimum atomic E-state index is -3.23. The molecule has 0 aromatic heterocycles. The van der Waals surface area contributed by atoms with Gasteiger partial charge in [0.2, 0.25) is 5.91 Å². The number of rotatable bonds is 5. The Morgan fingerprint density at radius 1 is 1.37 bits per heavy atom. The first-order valence-corrected chi connectivity index (χ1v) is 11.3. The van der Waals surface area contributed by atoms with Crippen molar-refractivity contribution in [3.63, 3.8) is 0 Å². The number of thiocarbonyl (C=S) groups is 1. The monoisotopic (exact) mass is 442 g/mol. The van der Waals surface area contributed by atoms with Crippen molar-refractivity contribution in [2.45, 2.75) is 12.5 Å². The maximum absolute atomic E-state index is 12.5. The number of carbonyl (C=O) groups excluding carboxylic acids is 2. The first kappa shape index (κ1) is 20.1. The molecule has 1 aromatic carbocycles. The summed E-state index contributed by atoms with van der Waals surface area (Å²) in [5.41, 5.74) is 0.826. The summed E-state index contributed by atoms with van der Waals surface area (Å²) >= 11 is 12.3. The lowest BCUT2D eigenvalue weighted by Crippen LogP contribution is -2.38. The topological polar surface area (TPSA) is 83.6 Å². The fourth-order valence-corrected chi connectivity index (χ4v) is 5.23. The Hall–Kier alpha value is -1.68. The van der Waals surface area contributed by atoms with E-state index in [1.54, 1.807) is 30.3 Å². The first-order valence-electron chi connectivity index (χ1n) is 7.95. The Morgan fingerprint density at radius 2 is 2.07 bits per heavy atom. The largest absolute Gasteiger partial charge is 0.349 e. The van der Waals surface area contributed by atoms with Gasteiger partial charge in [-0.25, -0.2) is 8.42 Å². The highest BCUT2D eigenvalue weighted by molar-refractivity contribution is 8.26. The summed E-state index contributed by atoms with van der Waals surface area (Å²) in [6, 6.07) is 6.53. The van der Waals surface area contributed by atoms with Crippen molar-refractivity contribution in [2.75, 3.05) is 12.3 Å². The molecule has 1 saturated heterocycles. The number of halogens is 1. The number of hydrogen-bond donors (Lipinski definition) is 1. The molecule has 0 radical (unpaired) electrons. The van der Waals surface area contributed by atoms with Crippen LogP contribution in [0.25, 0.3) is 6.08 Å². The smallest absolute Gasteiger partial charge is 0.266 e. The summed E-state index contributed by atoms with van der Waals surface area (Å²) in [7, 11) is -3.23. The second-order valence-corrected chi connectivity index (χ2v) is 10.0. The predicted octanol–water partition coefficient (Wildman–Crippen LogP) is 2.36. The molecule has 0 aliphatic carbocycles. The molecule has 2 heterocycles. The molecule has 27 heavy (non-hydrogen) atoms. The second kappa shape index (κ2) is 8.14. The van der Waals surface area contributed by atoms with Crippen LogP contribution in [0.15, 0.2) is 40.7 Å². The van der Waals surface area contributed by atoms with Gasteiger partial charge in [-0.1, -0.05) is 47.7 Å². The van der Waals surface area contributed by atoms with E-state index in [0.29, 0.717) is 14.2 Å². The second-order valence-electron chi connectivity index (χ2n) is 5.97. The van der Waals surface area contributed by atoms with Crippen LogP contribution in [0, 0.1) is 0 Å². The molecule has 1 N–H and O–H groups in total. The van der Waals surface area contributed by atoms with E-state index in [1.165, 1.54) is 22.7 Å². The number of sulfone groups is 1. The van der Waals surface area contributed by atoms with Crippen molar-refractivity contribution < 1.29 is 18.0 Å². The van der Waals surface area contributed by atoms with Crippen molar-refractivity contribution in [2.24, 2.45) is 0 Å². The molecule has 0 saturated carbocycles. The molecule has 0 unspecified atom stereocenters. The van der Waals surface area contributed by atoms with Crippen LogP contribution in [-0.2, 0) is 19.4 Å². The molecule has 1 fully saturated rings. The maximum Gasteiger partial charge on any atom is 0.266 e. The zero-order valence-corrected chi connectivity index (χ0v) is 17.1. The van der Waals surface area contributed by atoms with Crippen molar-refractivity contribution >= 4 is 67.6 Å². The van der Waals surface area contributed by atoms with Gasteiger partial charge in [0.1, 0.15) is 4.32 Å². The Morgan fingerprint density at radius 3 is 2.70 bits per heavy atom.